The van der Waals surface area contributed by atoms with Gasteiger partial charge >= 0.3 is 5.97 Å². The predicted molar refractivity (Wildman–Crippen MR) is 87.9 cm³/mol. The van der Waals surface area contributed by atoms with Gasteiger partial charge in [0.25, 0.3) is 0 Å². The monoisotopic (exact) mass is 418 g/mol. The van der Waals surface area contributed by atoms with Gasteiger partial charge in [-0.2, -0.15) is 4.37 Å². The number of aryl methyl sites for hydroxylation is 1. The highest BCUT2D eigenvalue weighted by molar-refractivity contribution is 9.11. The first-order chi connectivity index (χ1) is 9.52. The van der Waals surface area contributed by atoms with E-state index in [0.29, 0.717) is 22.9 Å². The number of rotatable bonds is 4. The number of ether oxygens (including phenoxy) is 1. The van der Waals surface area contributed by atoms with E-state index < -0.39 is 0 Å². The number of aromatic nitrogens is 1. The van der Waals surface area contributed by atoms with E-state index in [1.807, 2.05) is 18.2 Å². The van der Waals surface area contributed by atoms with Crippen LogP contribution in [-0.4, -0.2) is 16.9 Å². The standard InChI is InChI=1S/C13H12Br2N2O2S/c1-3-19-13(18)11-7(2)17-20-12(11)16-10-6-8(14)4-5-9(10)15/h4-6,16H,3H2,1-2H3. The van der Waals surface area contributed by atoms with Crippen molar-refractivity contribution in [2.24, 2.45) is 0 Å². The highest BCUT2D eigenvalue weighted by Crippen LogP contribution is 2.33. The van der Waals surface area contributed by atoms with Gasteiger partial charge in [0.15, 0.2) is 0 Å². The van der Waals surface area contributed by atoms with Gasteiger partial charge in [-0.1, -0.05) is 15.9 Å². The summed E-state index contributed by atoms with van der Waals surface area (Å²) in [5.41, 5.74) is 2.01. The molecule has 0 aliphatic rings. The maximum absolute atomic E-state index is 12.0. The van der Waals surface area contributed by atoms with Crippen molar-refractivity contribution in [1.29, 1.82) is 0 Å². The molecular formula is C13H12Br2N2O2S. The van der Waals surface area contributed by atoms with Gasteiger partial charge in [-0.15, -0.1) is 0 Å². The molecule has 1 aromatic heterocycles. The normalized spacial score (nSPS) is 10.4. The smallest absolute Gasteiger partial charge is 0.343 e. The van der Waals surface area contributed by atoms with Crippen LogP contribution >= 0.6 is 43.4 Å². The van der Waals surface area contributed by atoms with Crippen LogP contribution in [-0.2, 0) is 4.74 Å². The Hall–Kier alpha value is -0.920. The maximum atomic E-state index is 12.0. The van der Waals surface area contributed by atoms with Crippen LogP contribution in [0.2, 0.25) is 0 Å². The van der Waals surface area contributed by atoms with E-state index >= 15 is 0 Å². The Bertz CT molecular complexity index is 643. The summed E-state index contributed by atoms with van der Waals surface area (Å²) in [6, 6.07) is 5.78. The van der Waals surface area contributed by atoms with E-state index in [0.717, 1.165) is 14.6 Å². The van der Waals surface area contributed by atoms with Crippen molar-refractivity contribution in [2.45, 2.75) is 13.8 Å². The van der Waals surface area contributed by atoms with E-state index in [1.165, 1.54) is 11.5 Å². The van der Waals surface area contributed by atoms with Crippen LogP contribution in [0.3, 0.4) is 0 Å². The number of hydrogen-bond donors (Lipinski definition) is 1. The third-order valence-electron chi connectivity index (χ3n) is 2.52. The minimum atomic E-state index is -0.354. The molecule has 0 unspecified atom stereocenters. The topological polar surface area (TPSA) is 51.2 Å². The molecule has 0 saturated carbocycles. The van der Waals surface area contributed by atoms with E-state index in [9.17, 15) is 4.79 Å². The highest BCUT2D eigenvalue weighted by Gasteiger charge is 2.20. The molecule has 0 spiro atoms. The van der Waals surface area contributed by atoms with Gasteiger partial charge in [0.1, 0.15) is 10.6 Å². The Labute approximate surface area is 138 Å². The molecule has 1 aromatic carbocycles. The molecule has 7 heteroatoms. The van der Waals surface area contributed by atoms with Crippen LogP contribution in [0.25, 0.3) is 0 Å². The van der Waals surface area contributed by atoms with Gasteiger partial charge < -0.3 is 10.1 Å². The van der Waals surface area contributed by atoms with Crippen LogP contribution in [0.15, 0.2) is 27.1 Å². The summed E-state index contributed by atoms with van der Waals surface area (Å²) in [7, 11) is 0. The molecule has 2 aromatic rings. The van der Waals surface area contributed by atoms with E-state index in [-0.39, 0.29) is 5.97 Å². The van der Waals surface area contributed by atoms with Crippen LogP contribution < -0.4 is 5.32 Å². The van der Waals surface area contributed by atoms with Crippen LogP contribution in [0.4, 0.5) is 10.7 Å². The number of nitrogens with one attached hydrogen (secondary N) is 1. The summed E-state index contributed by atoms with van der Waals surface area (Å²) in [4.78, 5) is 12.0. The number of halogens is 2. The van der Waals surface area contributed by atoms with E-state index in [2.05, 4.69) is 41.6 Å². The number of benzene rings is 1. The molecule has 0 aliphatic carbocycles. The van der Waals surface area contributed by atoms with Crippen molar-refractivity contribution >= 4 is 60.1 Å². The second kappa shape index (κ2) is 6.69. The summed E-state index contributed by atoms with van der Waals surface area (Å²) >= 11 is 8.14. The Kier molecular flexibility index (Phi) is 5.17. The zero-order valence-electron chi connectivity index (χ0n) is 10.9. The Morgan fingerprint density at radius 3 is 2.90 bits per heavy atom. The third kappa shape index (κ3) is 3.39. The lowest BCUT2D eigenvalue weighted by Crippen LogP contribution is -2.07. The fourth-order valence-corrected chi connectivity index (χ4v) is 3.12. The number of carbonyl (C=O) groups is 1. The predicted octanol–water partition coefficient (Wildman–Crippen LogP) is 4.90. The summed E-state index contributed by atoms with van der Waals surface area (Å²) in [6.45, 7) is 3.92. The maximum Gasteiger partial charge on any atom is 0.343 e. The first-order valence-electron chi connectivity index (χ1n) is 5.88. The second-order valence-electron chi connectivity index (χ2n) is 3.94. The first kappa shape index (κ1) is 15.5. The molecule has 0 bridgehead atoms. The second-order valence-corrected chi connectivity index (χ2v) is 6.49. The van der Waals surface area contributed by atoms with Crippen molar-refractivity contribution in [3.05, 3.63) is 38.4 Å². The van der Waals surface area contributed by atoms with Gasteiger partial charge in [-0.3, -0.25) is 0 Å². The summed E-state index contributed by atoms with van der Waals surface area (Å²) in [5, 5.41) is 3.90. The number of anilines is 2. The van der Waals surface area contributed by atoms with Crippen LogP contribution in [0.5, 0.6) is 0 Å². The van der Waals surface area contributed by atoms with E-state index in [4.69, 9.17) is 4.74 Å². The van der Waals surface area contributed by atoms with Gasteiger partial charge in [-0.05, 0) is 59.5 Å². The molecule has 0 amide bonds. The number of carbonyl (C=O) groups excluding carboxylic acids is 1. The lowest BCUT2D eigenvalue weighted by atomic mass is 10.2. The molecule has 0 atom stereocenters. The average Bonchev–Trinajstić information content (AvgIpc) is 2.75. The van der Waals surface area contributed by atoms with Gasteiger partial charge in [-0.25, -0.2) is 4.79 Å². The lowest BCUT2D eigenvalue weighted by molar-refractivity contribution is 0.0527. The molecule has 0 aliphatic heterocycles. The molecule has 0 saturated heterocycles. The molecule has 20 heavy (non-hydrogen) atoms. The largest absolute Gasteiger partial charge is 0.462 e. The molecule has 106 valence electrons. The van der Waals surface area contributed by atoms with Crippen molar-refractivity contribution in [3.63, 3.8) is 0 Å². The molecule has 1 heterocycles. The van der Waals surface area contributed by atoms with Crippen molar-refractivity contribution in [2.75, 3.05) is 11.9 Å². The average molecular weight is 420 g/mol. The van der Waals surface area contributed by atoms with Gasteiger partial charge in [0.2, 0.25) is 0 Å². The lowest BCUT2D eigenvalue weighted by Gasteiger charge is -2.09. The van der Waals surface area contributed by atoms with Crippen LogP contribution in [0.1, 0.15) is 23.0 Å². The SMILES string of the molecule is CCOC(=O)c1c(C)nsc1Nc1cc(Br)ccc1Br. The minimum absolute atomic E-state index is 0.341. The summed E-state index contributed by atoms with van der Waals surface area (Å²) in [5.74, 6) is -0.354. The van der Waals surface area contributed by atoms with Gasteiger partial charge in [0, 0.05) is 8.95 Å². The van der Waals surface area contributed by atoms with E-state index in [1.54, 1.807) is 13.8 Å². The number of esters is 1. The zero-order valence-corrected chi connectivity index (χ0v) is 14.9. The Morgan fingerprint density at radius 1 is 1.45 bits per heavy atom. The summed E-state index contributed by atoms with van der Waals surface area (Å²) in [6.07, 6.45) is 0. The molecule has 2 rings (SSSR count). The third-order valence-corrected chi connectivity index (χ3v) is 4.56. The minimum Gasteiger partial charge on any atom is -0.462 e. The quantitative estimate of drug-likeness (QED) is 0.716. The van der Waals surface area contributed by atoms with Gasteiger partial charge in [0.05, 0.1) is 18.0 Å². The number of hydrogen-bond acceptors (Lipinski definition) is 5. The van der Waals surface area contributed by atoms with Crippen molar-refractivity contribution < 1.29 is 9.53 Å². The fourth-order valence-electron chi connectivity index (χ4n) is 1.61. The molecule has 1 N–H and O–H groups in total. The summed E-state index contributed by atoms with van der Waals surface area (Å²) < 4.78 is 11.1. The first-order valence-corrected chi connectivity index (χ1v) is 8.24. The zero-order chi connectivity index (χ0) is 14.7. The molecule has 0 fully saturated rings. The molecular weight excluding hydrogens is 408 g/mol. The van der Waals surface area contributed by atoms with Crippen molar-refractivity contribution in [1.82, 2.24) is 4.37 Å². The fraction of sp³-hybridized carbons (Fsp3) is 0.231. The Balaban J connectivity index is 2.34. The molecule has 0 radical (unpaired) electrons. The number of nitrogens with zero attached hydrogens (tertiary/aromatic N) is 1. The Morgan fingerprint density at radius 2 is 2.20 bits per heavy atom. The van der Waals surface area contributed by atoms with Crippen molar-refractivity contribution in [3.8, 4) is 0 Å². The molecule has 4 nitrogen and oxygen atoms in total. The van der Waals surface area contributed by atoms with Crippen LogP contribution in [0, 0.1) is 6.92 Å². The highest BCUT2D eigenvalue weighted by atomic mass is 79.9.